The van der Waals surface area contributed by atoms with Gasteiger partial charge in [-0.15, -0.1) is 0 Å². The Morgan fingerprint density at radius 2 is 2.24 bits per heavy atom. The molecule has 0 spiro atoms. The number of Topliss-reactive ketones (excluding diaryl/α,β-unsaturated/α-hetero) is 1. The topological polar surface area (TPSA) is 48.3 Å². The number of hydrogen-bond acceptors (Lipinski definition) is 3. The number of nitrogens with zero attached hydrogens (tertiary/aromatic N) is 1. The van der Waals surface area contributed by atoms with Crippen LogP contribution in [-0.2, 0) is 16.1 Å². The molecule has 0 atom stereocenters. The quantitative estimate of drug-likeness (QED) is 0.560. The summed E-state index contributed by atoms with van der Waals surface area (Å²) >= 11 is 0. The molecule has 0 unspecified atom stereocenters. The summed E-state index contributed by atoms with van der Waals surface area (Å²) in [7, 11) is 1.39. The van der Waals surface area contributed by atoms with Crippen LogP contribution in [0.3, 0.4) is 0 Å². The highest BCUT2D eigenvalue weighted by Crippen LogP contribution is 2.32. The summed E-state index contributed by atoms with van der Waals surface area (Å²) < 4.78 is 6.53. The van der Waals surface area contributed by atoms with Gasteiger partial charge in [0.05, 0.1) is 7.11 Å². The minimum atomic E-state index is -0.188. The van der Waals surface area contributed by atoms with E-state index in [4.69, 9.17) is 0 Å². The number of methoxy groups -OCH3 is 1. The third-order valence-corrected chi connectivity index (χ3v) is 3.01. The van der Waals surface area contributed by atoms with Gasteiger partial charge in [-0.25, -0.2) is 0 Å². The molecule has 0 aliphatic heterocycles. The van der Waals surface area contributed by atoms with Crippen LogP contribution in [-0.4, -0.2) is 23.4 Å². The molecule has 0 N–H and O–H groups in total. The first-order chi connectivity index (χ1) is 8.20. The van der Waals surface area contributed by atoms with E-state index in [1.165, 1.54) is 7.11 Å². The number of ether oxygens (including phenoxy) is 1. The molecule has 4 heteroatoms. The van der Waals surface area contributed by atoms with Crippen molar-refractivity contribution in [1.29, 1.82) is 0 Å². The Hall–Kier alpha value is -1.58. The molecule has 0 aromatic carbocycles. The number of aromatic nitrogens is 1. The van der Waals surface area contributed by atoms with Gasteiger partial charge in [0.25, 0.3) is 0 Å². The van der Waals surface area contributed by atoms with Crippen molar-refractivity contribution in [1.82, 2.24) is 4.57 Å². The minimum absolute atomic E-state index is 0.188. The Balaban J connectivity index is 1.81. The third-order valence-electron chi connectivity index (χ3n) is 3.01. The lowest BCUT2D eigenvalue weighted by Crippen LogP contribution is -2.03. The molecule has 1 aliphatic rings. The van der Waals surface area contributed by atoms with Crippen molar-refractivity contribution in [2.75, 3.05) is 7.11 Å². The first-order valence-corrected chi connectivity index (χ1v) is 5.97. The van der Waals surface area contributed by atoms with Crippen LogP contribution in [0.15, 0.2) is 18.5 Å². The summed E-state index contributed by atoms with van der Waals surface area (Å²) in [4.78, 5) is 22.7. The highest BCUT2D eigenvalue weighted by molar-refractivity contribution is 5.99. The minimum Gasteiger partial charge on any atom is -0.469 e. The SMILES string of the molecule is COC(=O)CCCn1ccc(C(=O)C2CC2)c1. The number of carbonyl (C=O) groups excluding carboxylic acids is 2. The molecule has 1 heterocycles. The van der Waals surface area contributed by atoms with E-state index in [0.717, 1.165) is 31.4 Å². The lowest BCUT2D eigenvalue weighted by Gasteiger charge is -2.01. The van der Waals surface area contributed by atoms with Gasteiger partial charge in [-0.2, -0.15) is 0 Å². The first kappa shape index (κ1) is 11.9. The van der Waals surface area contributed by atoms with Crippen molar-refractivity contribution >= 4 is 11.8 Å². The predicted molar refractivity (Wildman–Crippen MR) is 62.7 cm³/mol. The van der Waals surface area contributed by atoms with Gasteiger partial charge in [0.2, 0.25) is 0 Å². The molecule has 0 amide bonds. The molecule has 0 bridgehead atoms. The average molecular weight is 235 g/mol. The van der Waals surface area contributed by atoms with Crippen molar-refractivity contribution in [3.05, 3.63) is 24.0 Å². The van der Waals surface area contributed by atoms with E-state index < -0.39 is 0 Å². The van der Waals surface area contributed by atoms with Gasteiger partial charge in [-0.05, 0) is 25.3 Å². The van der Waals surface area contributed by atoms with Crippen LogP contribution in [0.2, 0.25) is 0 Å². The van der Waals surface area contributed by atoms with Gasteiger partial charge in [0.15, 0.2) is 5.78 Å². The lowest BCUT2D eigenvalue weighted by atomic mass is 10.1. The summed E-state index contributed by atoms with van der Waals surface area (Å²) in [5.41, 5.74) is 0.797. The van der Waals surface area contributed by atoms with Crippen molar-refractivity contribution in [2.45, 2.75) is 32.2 Å². The summed E-state index contributed by atoms with van der Waals surface area (Å²) in [6.07, 6.45) is 6.99. The van der Waals surface area contributed by atoms with Gasteiger partial charge < -0.3 is 9.30 Å². The second-order valence-electron chi connectivity index (χ2n) is 4.46. The molecular weight excluding hydrogens is 218 g/mol. The first-order valence-electron chi connectivity index (χ1n) is 5.97. The number of ketones is 1. The molecule has 1 aromatic rings. The Labute approximate surface area is 101 Å². The molecule has 92 valence electrons. The Morgan fingerprint density at radius 3 is 2.88 bits per heavy atom. The van der Waals surface area contributed by atoms with E-state index in [1.54, 1.807) is 0 Å². The van der Waals surface area contributed by atoms with Gasteiger partial charge in [-0.1, -0.05) is 0 Å². The van der Waals surface area contributed by atoms with Gasteiger partial charge in [-0.3, -0.25) is 9.59 Å². The van der Waals surface area contributed by atoms with Crippen LogP contribution < -0.4 is 0 Å². The van der Waals surface area contributed by atoms with Crippen molar-refractivity contribution in [2.24, 2.45) is 5.92 Å². The zero-order valence-corrected chi connectivity index (χ0v) is 10.0. The van der Waals surface area contributed by atoms with Crippen LogP contribution in [0.1, 0.15) is 36.0 Å². The second-order valence-corrected chi connectivity index (χ2v) is 4.46. The number of esters is 1. The normalized spacial score (nSPS) is 14.6. The number of hydrogen-bond donors (Lipinski definition) is 0. The van der Waals surface area contributed by atoms with E-state index in [-0.39, 0.29) is 17.7 Å². The van der Waals surface area contributed by atoms with E-state index in [0.29, 0.717) is 6.42 Å². The molecule has 0 radical (unpaired) electrons. The molecule has 0 saturated heterocycles. The Morgan fingerprint density at radius 1 is 1.47 bits per heavy atom. The third kappa shape index (κ3) is 3.19. The molecule has 1 aliphatic carbocycles. The molecule has 2 rings (SSSR count). The van der Waals surface area contributed by atoms with Crippen molar-refractivity contribution in [3.8, 4) is 0 Å². The van der Waals surface area contributed by atoms with Gasteiger partial charge >= 0.3 is 5.97 Å². The van der Waals surface area contributed by atoms with Crippen LogP contribution in [0.25, 0.3) is 0 Å². The fourth-order valence-corrected chi connectivity index (χ4v) is 1.81. The smallest absolute Gasteiger partial charge is 0.305 e. The van der Waals surface area contributed by atoms with Gasteiger partial charge in [0.1, 0.15) is 0 Å². The largest absolute Gasteiger partial charge is 0.469 e. The fraction of sp³-hybridized carbons (Fsp3) is 0.538. The van der Waals surface area contributed by atoms with E-state index in [9.17, 15) is 9.59 Å². The summed E-state index contributed by atoms with van der Waals surface area (Å²) in [5.74, 6) is 0.337. The van der Waals surface area contributed by atoms with Crippen LogP contribution in [0, 0.1) is 5.92 Å². The van der Waals surface area contributed by atoms with Crippen molar-refractivity contribution < 1.29 is 14.3 Å². The molecule has 1 aromatic heterocycles. The van der Waals surface area contributed by atoms with Crippen molar-refractivity contribution in [3.63, 3.8) is 0 Å². The lowest BCUT2D eigenvalue weighted by molar-refractivity contribution is -0.140. The van der Waals surface area contributed by atoms with E-state index in [1.807, 2.05) is 23.0 Å². The molecule has 4 nitrogen and oxygen atoms in total. The van der Waals surface area contributed by atoms with Crippen LogP contribution >= 0.6 is 0 Å². The second kappa shape index (κ2) is 5.17. The maximum absolute atomic E-state index is 11.8. The molecular formula is C13H17NO3. The number of aryl methyl sites for hydroxylation is 1. The van der Waals surface area contributed by atoms with E-state index in [2.05, 4.69) is 4.74 Å². The van der Waals surface area contributed by atoms with Crippen LogP contribution in [0.5, 0.6) is 0 Å². The zero-order chi connectivity index (χ0) is 12.3. The van der Waals surface area contributed by atoms with E-state index >= 15 is 0 Å². The monoisotopic (exact) mass is 235 g/mol. The predicted octanol–water partition coefficient (Wildman–Crippen LogP) is 2.03. The molecule has 1 saturated carbocycles. The van der Waals surface area contributed by atoms with Gasteiger partial charge in [0, 0.05) is 36.8 Å². The maximum Gasteiger partial charge on any atom is 0.305 e. The molecule has 1 fully saturated rings. The summed E-state index contributed by atoms with van der Waals surface area (Å²) in [6, 6.07) is 1.86. The Bertz CT molecular complexity index is 418. The number of rotatable bonds is 6. The average Bonchev–Trinajstić information content (AvgIpc) is 3.08. The summed E-state index contributed by atoms with van der Waals surface area (Å²) in [6.45, 7) is 0.743. The summed E-state index contributed by atoms with van der Waals surface area (Å²) in [5, 5.41) is 0. The Kier molecular flexibility index (Phi) is 3.61. The zero-order valence-electron chi connectivity index (χ0n) is 10.0. The van der Waals surface area contributed by atoms with Crippen LogP contribution in [0.4, 0.5) is 0 Å². The highest BCUT2D eigenvalue weighted by Gasteiger charge is 2.30. The highest BCUT2D eigenvalue weighted by atomic mass is 16.5. The number of carbonyl (C=O) groups is 2. The maximum atomic E-state index is 11.8. The molecule has 17 heavy (non-hydrogen) atoms. The fourth-order valence-electron chi connectivity index (χ4n) is 1.81. The standard InChI is InChI=1S/C13H17NO3/c1-17-12(15)3-2-7-14-8-6-11(9-14)13(16)10-4-5-10/h6,8-10H,2-5,7H2,1H3.